The molecule has 1 aromatic rings. The molecule has 2 heteroatoms. The van der Waals surface area contributed by atoms with Crippen LogP contribution < -0.4 is 0 Å². The fourth-order valence-electron chi connectivity index (χ4n) is 5.37. The number of ketones is 1. The fraction of sp³-hybridized carbons (Fsp3) is 0.526. The molecule has 21 heavy (non-hydrogen) atoms. The highest BCUT2D eigenvalue weighted by Gasteiger charge is 2.53. The Morgan fingerprint density at radius 3 is 2.29 bits per heavy atom. The third-order valence-electron chi connectivity index (χ3n) is 5.84. The molecule has 0 amide bonds. The quantitative estimate of drug-likeness (QED) is 0.707. The Labute approximate surface area is 131 Å². The summed E-state index contributed by atoms with van der Waals surface area (Å²) in [6.45, 7) is 0. The van der Waals surface area contributed by atoms with Crippen molar-refractivity contribution in [3.05, 3.63) is 40.9 Å². The molecule has 110 valence electrons. The monoisotopic (exact) mass is 300 g/mol. The summed E-state index contributed by atoms with van der Waals surface area (Å²) >= 11 is 6.00. The van der Waals surface area contributed by atoms with E-state index in [1.165, 1.54) is 19.3 Å². The van der Waals surface area contributed by atoms with Crippen LogP contribution >= 0.6 is 11.6 Å². The van der Waals surface area contributed by atoms with Gasteiger partial charge in [-0.1, -0.05) is 29.8 Å². The number of hydrogen-bond donors (Lipinski definition) is 0. The molecule has 0 spiro atoms. The summed E-state index contributed by atoms with van der Waals surface area (Å²) in [5, 5.41) is 0.722. The van der Waals surface area contributed by atoms with Crippen LogP contribution in [0.2, 0.25) is 5.02 Å². The van der Waals surface area contributed by atoms with E-state index in [1.54, 1.807) is 0 Å². The second kappa shape index (κ2) is 4.98. The molecule has 0 heterocycles. The Bertz CT molecular complexity index is 566. The van der Waals surface area contributed by atoms with Gasteiger partial charge in [0, 0.05) is 10.4 Å². The van der Waals surface area contributed by atoms with E-state index in [1.807, 2.05) is 36.4 Å². The minimum absolute atomic E-state index is 0.0240. The molecule has 4 bridgehead atoms. The van der Waals surface area contributed by atoms with Crippen molar-refractivity contribution >= 4 is 23.5 Å². The van der Waals surface area contributed by atoms with Crippen molar-refractivity contribution in [2.75, 3.05) is 0 Å². The zero-order valence-electron chi connectivity index (χ0n) is 12.2. The predicted octanol–water partition coefficient (Wildman–Crippen LogP) is 5.14. The number of allylic oxidation sites excluding steroid dienone is 1. The molecule has 0 aliphatic heterocycles. The van der Waals surface area contributed by atoms with Crippen LogP contribution in [-0.2, 0) is 4.79 Å². The van der Waals surface area contributed by atoms with Gasteiger partial charge in [0.05, 0.1) is 0 Å². The molecular formula is C19H21ClO. The molecule has 1 aromatic carbocycles. The van der Waals surface area contributed by atoms with Crippen LogP contribution in [-0.4, -0.2) is 5.78 Å². The number of halogens is 1. The Hall–Kier alpha value is -1.08. The van der Waals surface area contributed by atoms with E-state index in [2.05, 4.69) is 0 Å². The molecule has 4 saturated carbocycles. The van der Waals surface area contributed by atoms with Crippen LogP contribution in [0.25, 0.3) is 6.08 Å². The van der Waals surface area contributed by atoms with E-state index < -0.39 is 0 Å². The normalized spacial score (nSPS) is 37.3. The predicted molar refractivity (Wildman–Crippen MR) is 86.1 cm³/mol. The highest BCUT2D eigenvalue weighted by molar-refractivity contribution is 6.30. The minimum Gasteiger partial charge on any atom is -0.294 e. The summed E-state index contributed by atoms with van der Waals surface area (Å²) in [6, 6.07) is 7.69. The molecule has 4 fully saturated rings. The Balaban J connectivity index is 1.55. The summed E-state index contributed by atoms with van der Waals surface area (Å²) in [5.41, 5.74) is 0.990. The molecule has 0 atom stereocenters. The molecule has 4 aliphatic carbocycles. The van der Waals surface area contributed by atoms with E-state index >= 15 is 0 Å². The lowest BCUT2D eigenvalue weighted by atomic mass is 9.48. The lowest BCUT2D eigenvalue weighted by molar-refractivity contribution is -0.138. The van der Waals surface area contributed by atoms with Gasteiger partial charge >= 0.3 is 0 Å². The first-order valence-corrected chi connectivity index (χ1v) is 8.49. The lowest BCUT2D eigenvalue weighted by Crippen LogP contribution is -2.49. The van der Waals surface area contributed by atoms with E-state index in [4.69, 9.17) is 11.6 Å². The highest BCUT2D eigenvalue weighted by atomic mass is 35.5. The van der Waals surface area contributed by atoms with E-state index in [0.717, 1.165) is 47.6 Å². The number of rotatable bonds is 3. The van der Waals surface area contributed by atoms with Gasteiger partial charge in [0.1, 0.15) is 0 Å². The zero-order valence-corrected chi connectivity index (χ0v) is 13.0. The van der Waals surface area contributed by atoms with Gasteiger partial charge in [-0.25, -0.2) is 0 Å². The highest BCUT2D eigenvalue weighted by Crippen LogP contribution is 2.60. The van der Waals surface area contributed by atoms with E-state index in [0.29, 0.717) is 5.78 Å². The number of hydrogen-bond acceptors (Lipinski definition) is 1. The van der Waals surface area contributed by atoms with Gasteiger partial charge in [-0.3, -0.25) is 4.79 Å². The SMILES string of the molecule is O=C(/C=C/c1cccc(Cl)c1)C12CC3CC(CC(C3)C1)C2. The minimum atomic E-state index is -0.0240. The molecular weight excluding hydrogens is 280 g/mol. The molecule has 4 aliphatic rings. The van der Waals surface area contributed by atoms with Crippen molar-refractivity contribution in [2.24, 2.45) is 23.2 Å². The van der Waals surface area contributed by atoms with Gasteiger partial charge in [-0.2, -0.15) is 0 Å². The fourth-order valence-corrected chi connectivity index (χ4v) is 5.57. The molecule has 0 radical (unpaired) electrons. The Morgan fingerprint density at radius 1 is 1.10 bits per heavy atom. The summed E-state index contributed by atoms with van der Waals surface area (Å²) in [5.74, 6) is 2.82. The second-order valence-electron chi connectivity index (χ2n) is 7.45. The molecule has 1 nitrogen and oxygen atoms in total. The van der Waals surface area contributed by atoms with Crippen LogP contribution in [0.5, 0.6) is 0 Å². The van der Waals surface area contributed by atoms with Gasteiger partial charge in [0.15, 0.2) is 5.78 Å². The van der Waals surface area contributed by atoms with Gasteiger partial charge in [0.25, 0.3) is 0 Å². The number of carbonyl (C=O) groups is 1. The van der Waals surface area contributed by atoms with Crippen LogP contribution in [0, 0.1) is 23.2 Å². The van der Waals surface area contributed by atoms with Crippen molar-refractivity contribution < 1.29 is 4.79 Å². The van der Waals surface area contributed by atoms with Crippen LogP contribution in [0.15, 0.2) is 30.3 Å². The maximum atomic E-state index is 12.8. The maximum Gasteiger partial charge on any atom is 0.161 e. The van der Waals surface area contributed by atoms with Crippen LogP contribution in [0.3, 0.4) is 0 Å². The van der Waals surface area contributed by atoms with Gasteiger partial charge in [-0.15, -0.1) is 0 Å². The second-order valence-corrected chi connectivity index (χ2v) is 7.89. The first-order chi connectivity index (χ1) is 10.1. The number of carbonyl (C=O) groups excluding carboxylic acids is 1. The first kappa shape index (κ1) is 13.6. The van der Waals surface area contributed by atoms with Crippen molar-refractivity contribution in [3.63, 3.8) is 0 Å². The summed E-state index contributed by atoms with van der Waals surface area (Å²) in [6.07, 6.45) is 11.3. The van der Waals surface area contributed by atoms with E-state index in [-0.39, 0.29) is 5.41 Å². The summed E-state index contributed by atoms with van der Waals surface area (Å²) in [7, 11) is 0. The molecule has 0 unspecified atom stereocenters. The van der Waals surface area contributed by atoms with Gasteiger partial charge < -0.3 is 0 Å². The third kappa shape index (κ3) is 2.46. The molecule has 0 saturated heterocycles. The third-order valence-corrected chi connectivity index (χ3v) is 6.07. The number of benzene rings is 1. The topological polar surface area (TPSA) is 17.1 Å². The molecule has 5 rings (SSSR count). The zero-order chi connectivity index (χ0) is 14.4. The smallest absolute Gasteiger partial charge is 0.161 e. The maximum absolute atomic E-state index is 12.8. The van der Waals surface area contributed by atoms with Crippen LogP contribution in [0.1, 0.15) is 44.1 Å². The van der Waals surface area contributed by atoms with Crippen LogP contribution in [0.4, 0.5) is 0 Å². The summed E-state index contributed by atoms with van der Waals surface area (Å²) < 4.78 is 0. The van der Waals surface area contributed by atoms with E-state index in [9.17, 15) is 4.79 Å². The van der Waals surface area contributed by atoms with Crippen molar-refractivity contribution in [1.29, 1.82) is 0 Å². The lowest BCUT2D eigenvalue weighted by Gasteiger charge is -2.55. The Morgan fingerprint density at radius 2 is 1.71 bits per heavy atom. The molecule has 0 N–H and O–H groups in total. The molecule has 0 aromatic heterocycles. The van der Waals surface area contributed by atoms with Crippen molar-refractivity contribution in [3.8, 4) is 0 Å². The first-order valence-electron chi connectivity index (χ1n) is 8.11. The van der Waals surface area contributed by atoms with Gasteiger partial charge in [0.2, 0.25) is 0 Å². The van der Waals surface area contributed by atoms with Crippen molar-refractivity contribution in [2.45, 2.75) is 38.5 Å². The average molecular weight is 301 g/mol. The van der Waals surface area contributed by atoms with Crippen molar-refractivity contribution in [1.82, 2.24) is 0 Å². The standard InChI is InChI=1S/C19H21ClO/c20-17-3-1-2-13(9-17)4-5-18(21)19-10-14-6-15(11-19)8-16(7-14)12-19/h1-5,9,14-16H,6-8,10-12H2/b5-4+. The van der Waals surface area contributed by atoms with Gasteiger partial charge in [-0.05, 0) is 80.1 Å². The Kier molecular flexibility index (Phi) is 3.22. The average Bonchev–Trinajstić information content (AvgIpc) is 2.43. The summed E-state index contributed by atoms with van der Waals surface area (Å²) in [4.78, 5) is 12.8. The largest absolute Gasteiger partial charge is 0.294 e.